The summed E-state index contributed by atoms with van der Waals surface area (Å²) in [4.78, 5) is 11.3. The van der Waals surface area contributed by atoms with Gasteiger partial charge < -0.3 is 16.4 Å². The SMILES string of the molecule is CCC(CC)C(N)CNc1ccc(C(=O)NC)nn1. The van der Waals surface area contributed by atoms with E-state index in [9.17, 15) is 4.79 Å². The van der Waals surface area contributed by atoms with Crippen molar-refractivity contribution < 1.29 is 4.79 Å². The molecular formula is C13H23N5O. The number of anilines is 1. The van der Waals surface area contributed by atoms with Gasteiger partial charge in [-0.05, 0) is 18.1 Å². The van der Waals surface area contributed by atoms with Crippen molar-refractivity contribution in [3.05, 3.63) is 17.8 Å². The maximum Gasteiger partial charge on any atom is 0.271 e. The maximum atomic E-state index is 11.3. The molecule has 1 amide bonds. The molecule has 0 fully saturated rings. The molecule has 4 N–H and O–H groups in total. The summed E-state index contributed by atoms with van der Waals surface area (Å²) in [6, 6.07) is 3.46. The van der Waals surface area contributed by atoms with Gasteiger partial charge in [-0.25, -0.2) is 0 Å². The number of nitrogens with one attached hydrogen (secondary N) is 2. The van der Waals surface area contributed by atoms with Gasteiger partial charge in [0.1, 0.15) is 5.82 Å². The zero-order valence-electron chi connectivity index (χ0n) is 11.8. The van der Waals surface area contributed by atoms with Crippen molar-refractivity contribution in [1.29, 1.82) is 0 Å². The smallest absolute Gasteiger partial charge is 0.271 e. The first-order chi connectivity index (χ1) is 9.12. The molecule has 1 rings (SSSR count). The third-order valence-corrected chi connectivity index (χ3v) is 3.30. The second kappa shape index (κ2) is 7.68. The van der Waals surface area contributed by atoms with E-state index in [1.165, 1.54) is 0 Å². The van der Waals surface area contributed by atoms with Crippen LogP contribution in [0.5, 0.6) is 0 Å². The Kier molecular flexibility index (Phi) is 6.21. The number of nitrogens with two attached hydrogens (primary N) is 1. The second-order valence-electron chi connectivity index (χ2n) is 4.50. The van der Waals surface area contributed by atoms with Crippen LogP contribution < -0.4 is 16.4 Å². The van der Waals surface area contributed by atoms with E-state index in [1.54, 1.807) is 19.2 Å². The van der Waals surface area contributed by atoms with E-state index in [0.717, 1.165) is 12.8 Å². The summed E-state index contributed by atoms with van der Waals surface area (Å²) in [5.74, 6) is 0.896. The summed E-state index contributed by atoms with van der Waals surface area (Å²) < 4.78 is 0. The van der Waals surface area contributed by atoms with Gasteiger partial charge in [0.25, 0.3) is 5.91 Å². The van der Waals surface area contributed by atoms with Crippen molar-refractivity contribution in [2.75, 3.05) is 18.9 Å². The van der Waals surface area contributed by atoms with Gasteiger partial charge in [0.2, 0.25) is 0 Å². The number of rotatable bonds is 7. The van der Waals surface area contributed by atoms with Crippen LogP contribution >= 0.6 is 0 Å². The van der Waals surface area contributed by atoms with Crippen molar-refractivity contribution >= 4 is 11.7 Å². The third-order valence-electron chi connectivity index (χ3n) is 3.30. The van der Waals surface area contributed by atoms with Crippen LogP contribution in [-0.2, 0) is 0 Å². The highest BCUT2D eigenvalue weighted by Gasteiger charge is 2.14. The van der Waals surface area contributed by atoms with Gasteiger partial charge >= 0.3 is 0 Å². The first-order valence-corrected chi connectivity index (χ1v) is 6.67. The van der Waals surface area contributed by atoms with Crippen molar-refractivity contribution in [3.63, 3.8) is 0 Å². The number of aromatic nitrogens is 2. The maximum absolute atomic E-state index is 11.3. The average molecular weight is 265 g/mol. The Balaban J connectivity index is 2.52. The number of hydrogen-bond donors (Lipinski definition) is 3. The monoisotopic (exact) mass is 265 g/mol. The molecule has 6 nitrogen and oxygen atoms in total. The van der Waals surface area contributed by atoms with Crippen LogP contribution in [0.2, 0.25) is 0 Å². The lowest BCUT2D eigenvalue weighted by molar-refractivity contribution is 0.0957. The van der Waals surface area contributed by atoms with E-state index in [2.05, 4.69) is 34.7 Å². The van der Waals surface area contributed by atoms with E-state index in [4.69, 9.17) is 5.73 Å². The molecule has 1 atom stereocenters. The van der Waals surface area contributed by atoms with Crippen LogP contribution in [0.25, 0.3) is 0 Å². The molecule has 1 heterocycles. The van der Waals surface area contributed by atoms with Gasteiger partial charge in [0.05, 0.1) is 0 Å². The molecule has 1 unspecified atom stereocenters. The number of carbonyl (C=O) groups is 1. The molecule has 0 spiro atoms. The molecule has 0 aliphatic rings. The first kappa shape index (κ1) is 15.4. The molecule has 0 bridgehead atoms. The van der Waals surface area contributed by atoms with Crippen molar-refractivity contribution in [3.8, 4) is 0 Å². The lowest BCUT2D eigenvalue weighted by atomic mass is 9.95. The standard InChI is InChI=1S/C13H23N5O/c1-4-9(5-2)10(14)8-16-12-7-6-11(17-18-12)13(19)15-3/h6-7,9-10H,4-5,8,14H2,1-3H3,(H,15,19)(H,16,18). The molecule has 1 aromatic heterocycles. The van der Waals surface area contributed by atoms with Gasteiger partial charge in [-0.15, -0.1) is 10.2 Å². The topological polar surface area (TPSA) is 92.9 Å². The zero-order valence-corrected chi connectivity index (χ0v) is 11.8. The molecule has 0 saturated carbocycles. The van der Waals surface area contributed by atoms with Gasteiger partial charge in [-0.2, -0.15) is 0 Å². The summed E-state index contributed by atoms with van der Waals surface area (Å²) in [5.41, 5.74) is 6.41. The Bertz CT molecular complexity index is 389. The van der Waals surface area contributed by atoms with E-state index in [1.807, 2.05) is 0 Å². The van der Waals surface area contributed by atoms with Crippen molar-refractivity contribution in [2.45, 2.75) is 32.7 Å². The number of carbonyl (C=O) groups excluding carboxylic acids is 1. The summed E-state index contributed by atoms with van der Waals surface area (Å²) >= 11 is 0. The minimum Gasteiger partial charge on any atom is -0.367 e. The van der Waals surface area contributed by atoms with Crippen LogP contribution in [0.3, 0.4) is 0 Å². The minimum absolute atomic E-state index is 0.0930. The number of nitrogens with zero attached hydrogens (tertiary/aromatic N) is 2. The number of hydrogen-bond acceptors (Lipinski definition) is 5. The van der Waals surface area contributed by atoms with E-state index in [0.29, 0.717) is 24.0 Å². The van der Waals surface area contributed by atoms with E-state index < -0.39 is 0 Å². The van der Waals surface area contributed by atoms with Gasteiger partial charge in [-0.3, -0.25) is 4.79 Å². The van der Waals surface area contributed by atoms with Gasteiger partial charge in [0, 0.05) is 19.6 Å². The van der Waals surface area contributed by atoms with Gasteiger partial charge in [-0.1, -0.05) is 26.7 Å². The Morgan fingerprint density at radius 3 is 2.47 bits per heavy atom. The second-order valence-corrected chi connectivity index (χ2v) is 4.50. The highest BCUT2D eigenvalue weighted by Crippen LogP contribution is 2.12. The Labute approximate surface area is 114 Å². The van der Waals surface area contributed by atoms with Crippen molar-refractivity contribution in [2.24, 2.45) is 11.7 Å². The summed E-state index contributed by atoms with van der Waals surface area (Å²) in [6.45, 7) is 4.94. The molecule has 0 aliphatic carbocycles. The van der Waals surface area contributed by atoms with Crippen LogP contribution in [0, 0.1) is 5.92 Å². The first-order valence-electron chi connectivity index (χ1n) is 6.67. The number of amides is 1. The predicted octanol–water partition coefficient (Wildman–Crippen LogP) is 1.01. The minimum atomic E-state index is -0.243. The zero-order chi connectivity index (χ0) is 14.3. The normalized spacial score (nSPS) is 12.3. The Morgan fingerprint density at radius 2 is 2.00 bits per heavy atom. The molecule has 6 heteroatoms. The fraction of sp³-hybridized carbons (Fsp3) is 0.615. The molecule has 0 radical (unpaired) electrons. The molecule has 19 heavy (non-hydrogen) atoms. The highest BCUT2D eigenvalue weighted by molar-refractivity contribution is 5.91. The fourth-order valence-corrected chi connectivity index (χ4v) is 1.96. The quantitative estimate of drug-likeness (QED) is 0.684. The van der Waals surface area contributed by atoms with Crippen LogP contribution in [0.4, 0.5) is 5.82 Å². The molecular weight excluding hydrogens is 242 g/mol. The lowest BCUT2D eigenvalue weighted by Crippen LogP contribution is -2.36. The summed E-state index contributed by atoms with van der Waals surface area (Å²) in [7, 11) is 1.56. The van der Waals surface area contributed by atoms with Crippen LogP contribution in [-0.4, -0.2) is 35.7 Å². The fourth-order valence-electron chi connectivity index (χ4n) is 1.96. The Hall–Kier alpha value is -1.69. The molecule has 106 valence electrons. The summed E-state index contributed by atoms with van der Waals surface area (Å²) in [6.07, 6.45) is 2.14. The van der Waals surface area contributed by atoms with Crippen LogP contribution in [0.1, 0.15) is 37.2 Å². The van der Waals surface area contributed by atoms with Gasteiger partial charge in [0.15, 0.2) is 5.69 Å². The summed E-state index contributed by atoms with van der Waals surface area (Å²) in [5, 5.41) is 13.4. The van der Waals surface area contributed by atoms with E-state index in [-0.39, 0.29) is 11.9 Å². The third kappa shape index (κ3) is 4.48. The van der Waals surface area contributed by atoms with Crippen molar-refractivity contribution in [1.82, 2.24) is 15.5 Å². The lowest BCUT2D eigenvalue weighted by Gasteiger charge is -2.21. The van der Waals surface area contributed by atoms with E-state index >= 15 is 0 Å². The molecule has 0 aromatic carbocycles. The molecule has 0 aliphatic heterocycles. The highest BCUT2D eigenvalue weighted by atomic mass is 16.1. The Morgan fingerprint density at radius 1 is 1.32 bits per heavy atom. The largest absolute Gasteiger partial charge is 0.367 e. The molecule has 0 saturated heterocycles. The molecule has 1 aromatic rings. The predicted molar refractivity (Wildman–Crippen MR) is 76.0 cm³/mol. The van der Waals surface area contributed by atoms with Crippen LogP contribution in [0.15, 0.2) is 12.1 Å². The average Bonchev–Trinajstić information content (AvgIpc) is 2.46.